The van der Waals surface area contributed by atoms with E-state index in [2.05, 4.69) is 0 Å². The summed E-state index contributed by atoms with van der Waals surface area (Å²) in [6, 6.07) is 6.90. The summed E-state index contributed by atoms with van der Waals surface area (Å²) in [6.07, 6.45) is 0. The number of carbonyl (C=O) groups excluding carboxylic acids is 4. The molecule has 2 rings (SSSR count). The monoisotopic (exact) mass is 466 g/mol. The molecule has 0 radical (unpaired) electrons. The Morgan fingerprint density at radius 1 is 0.724 bits per heavy atom. The van der Waals surface area contributed by atoms with Crippen molar-refractivity contribution in [1.82, 2.24) is 0 Å². The first-order valence-electron chi connectivity index (χ1n) is 7.39. The van der Waals surface area contributed by atoms with Crippen molar-refractivity contribution in [1.29, 1.82) is 0 Å². The van der Waals surface area contributed by atoms with Gasteiger partial charge in [-0.2, -0.15) is 0 Å². The van der Waals surface area contributed by atoms with E-state index in [9.17, 15) is 29.4 Å². The van der Waals surface area contributed by atoms with E-state index in [0.29, 0.717) is 0 Å². The maximum absolute atomic E-state index is 11.1. The fourth-order valence-corrected chi connectivity index (χ4v) is 2.21. The average Bonchev–Trinajstić information content (AvgIpc) is 2.67. The molecule has 11 heteroatoms. The van der Waals surface area contributed by atoms with Crippen molar-refractivity contribution in [2.45, 2.75) is 0 Å². The minimum atomic E-state index is -1.54. The molecule has 2 N–H and O–H groups in total. The summed E-state index contributed by atoms with van der Waals surface area (Å²) in [4.78, 5) is 43.1. The minimum absolute atomic E-state index is 0. The van der Waals surface area contributed by atoms with Gasteiger partial charge in [0.05, 0.1) is 23.7 Å². The van der Waals surface area contributed by atoms with Crippen LogP contribution in [0.2, 0.25) is 0 Å². The van der Waals surface area contributed by atoms with Crippen molar-refractivity contribution < 1.29 is 39.6 Å². The number of hydrogen-bond acceptors (Lipinski definition) is 8. The van der Waals surface area contributed by atoms with Crippen molar-refractivity contribution in [2.24, 2.45) is 0 Å². The number of halogens is 2. The Labute approximate surface area is 204 Å². The first-order chi connectivity index (χ1) is 13.1. The van der Waals surface area contributed by atoms with E-state index in [4.69, 9.17) is 33.4 Å². The molecule has 0 spiro atoms. The Kier molecular flexibility index (Phi) is 11.9. The summed E-state index contributed by atoms with van der Waals surface area (Å²) in [5, 5.41) is 39.1. The molecule has 0 bridgehead atoms. The van der Waals surface area contributed by atoms with E-state index < -0.39 is 46.1 Å². The zero-order valence-corrected chi connectivity index (χ0v) is 18.4. The molecule has 2 aromatic rings. The second kappa shape index (κ2) is 12.7. The molecule has 0 aliphatic rings. The number of alkyl halides is 2. The Hall–Kier alpha value is -1.84. The van der Waals surface area contributed by atoms with Crippen LogP contribution in [0.15, 0.2) is 36.4 Å². The van der Waals surface area contributed by atoms with E-state index in [1.54, 1.807) is 0 Å². The van der Waals surface area contributed by atoms with Crippen molar-refractivity contribution in [2.75, 3.05) is 11.8 Å². The normalized spacial score (nSPS) is 9.45. The van der Waals surface area contributed by atoms with Gasteiger partial charge in [-0.25, -0.2) is 0 Å². The predicted molar refractivity (Wildman–Crippen MR) is 101 cm³/mol. The third kappa shape index (κ3) is 7.83. The maximum Gasteiger partial charge on any atom is 2.00 e. The van der Waals surface area contributed by atoms with Crippen LogP contribution in [0, 0.1) is 0 Å². The molecule has 0 saturated heterocycles. The van der Waals surface area contributed by atoms with Gasteiger partial charge in [-0.05, 0) is 36.4 Å². The van der Waals surface area contributed by atoms with Crippen LogP contribution >= 0.6 is 23.2 Å². The Morgan fingerprint density at radius 2 is 1.03 bits per heavy atom. The van der Waals surface area contributed by atoms with Gasteiger partial charge < -0.3 is 30.0 Å². The van der Waals surface area contributed by atoms with Gasteiger partial charge in [-0.1, -0.05) is 0 Å². The number of carboxylic acids is 2. The number of benzene rings is 2. The van der Waals surface area contributed by atoms with Gasteiger partial charge in [0, 0.05) is 22.3 Å². The summed E-state index contributed by atoms with van der Waals surface area (Å²) >= 11 is 10.6. The molecule has 8 nitrogen and oxygen atoms in total. The van der Waals surface area contributed by atoms with Gasteiger partial charge in [0.25, 0.3) is 0 Å². The summed E-state index contributed by atoms with van der Waals surface area (Å²) in [5.74, 6) is -5.23. The molecule has 0 fully saturated rings. The summed E-state index contributed by atoms with van der Waals surface area (Å²) < 4.78 is 0. The summed E-state index contributed by atoms with van der Waals surface area (Å²) in [6.45, 7) is 0. The molecule has 2 aromatic carbocycles. The minimum Gasteiger partial charge on any atom is -0.545 e. The smallest absolute Gasteiger partial charge is 0.545 e. The van der Waals surface area contributed by atoms with E-state index >= 15 is 0 Å². The van der Waals surface area contributed by atoms with Crippen molar-refractivity contribution in [3.63, 3.8) is 0 Å². The molecule has 0 unspecified atom stereocenters. The molecule has 0 amide bonds. The SMILES string of the molecule is O=C(CCl)c1ccc(O)c(C(=O)[O-])c1.O=C(CCl)c1ccc(O)c(C(=O)[O-])c1.[Ca+2]. The number of carboxylic acid groups (broad SMARTS) is 2. The molecule has 148 valence electrons. The van der Waals surface area contributed by atoms with Crippen LogP contribution in [-0.2, 0) is 0 Å². The van der Waals surface area contributed by atoms with Gasteiger partial charge in [-0.3, -0.25) is 9.59 Å². The van der Waals surface area contributed by atoms with Crippen LogP contribution in [0.25, 0.3) is 0 Å². The number of ketones is 2. The molecular weight excluding hydrogens is 455 g/mol. The third-order valence-corrected chi connectivity index (χ3v) is 3.81. The van der Waals surface area contributed by atoms with Crippen molar-refractivity contribution in [3.05, 3.63) is 58.7 Å². The largest absolute Gasteiger partial charge is 2.00 e. The fourth-order valence-electron chi connectivity index (χ4n) is 1.90. The standard InChI is InChI=1S/2C9H7ClO4.Ca/c2*10-4-8(12)5-1-2-7(11)6(3-5)9(13)14;/h2*1-3,11H,4H2,(H,13,14);/q;;+2/p-2. The number of carbonyl (C=O) groups is 4. The third-order valence-electron chi connectivity index (χ3n) is 3.32. The Balaban J connectivity index is 0.000000523. The molecular formula is C18H12CaCl2O8. The van der Waals surface area contributed by atoms with Crippen molar-refractivity contribution in [3.8, 4) is 11.5 Å². The van der Waals surface area contributed by atoms with Gasteiger partial charge in [-0.15, -0.1) is 23.2 Å². The van der Waals surface area contributed by atoms with E-state index in [0.717, 1.165) is 24.3 Å². The number of phenols is 2. The quantitative estimate of drug-likeness (QED) is 0.341. The molecule has 0 atom stereocenters. The van der Waals surface area contributed by atoms with Crippen LogP contribution in [0.5, 0.6) is 11.5 Å². The summed E-state index contributed by atoms with van der Waals surface area (Å²) in [7, 11) is 0. The first kappa shape index (κ1) is 27.2. The van der Waals surface area contributed by atoms with Gasteiger partial charge in [0.15, 0.2) is 11.6 Å². The van der Waals surface area contributed by atoms with Gasteiger partial charge in [0.2, 0.25) is 0 Å². The zero-order valence-electron chi connectivity index (χ0n) is 14.7. The van der Waals surface area contributed by atoms with Gasteiger partial charge in [0.1, 0.15) is 11.5 Å². The molecule has 29 heavy (non-hydrogen) atoms. The Bertz CT molecular complexity index is 855. The summed E-state index contributed by atoms with van der Waals surface area (Å²) in [5.41, 5.74) is -0.559. The second-order valence-corrected chi connectivity index (χ2v) is 5.69. The van der Waals surface area contributed by atoms with Gasteiger partial charge >= 0.3 is 37.7 Å². The first-order valence-corrected chi connectivity index (χ1v) is 8.46. The molecule has 0 saturated carbocycles. The van der Waals surface area contributed by atoms with Crippen molar-refractivity contribution >= 4 is 84.4 Å². The number of hydrogen-bond donors (Lipinski definition) is 2. The molecule has 0 aromatic heterocycles. The number of rotatable bonds is 6. The van der Waals surface area contributed by atoms with E-state index in [1.165, 1.54) is 12.1 Å². The van der Waals surface area contributed by atoms with Crippen LogP contribution in [0.4, 0.5) is 0 Å². The zero-order chi connectivity index (χ0) is 21.4. The Morgan fingerprint density at radius 3 is 1.28 bits per heavy atom. The maximum atomic E-state index is 11.1. The number of aromatic hydroxyl groups is 2. The molecule has 0 heterocycles. The molecule has 0 aliphatic heterocycles. The van der Waals surface area contributed by atoms with Crippen LogP contribution < -0.4 is 10.2 Å². The van der Waals surface area contributed by atoms with Crippen LogP contribution in [0.3, 0.4) is 0 Å². The molecule has 0 aliphatic carbocycles. The van der Waals surface area contributed by atoms with Crippen LogP contribution in [0.1, 0.15) is 41.4 Å². The van der Waals surface area contributed by atoms with E-state index in [-0.39, 0.29) is 60.6 Å². The second-order valence-electron chi connectivity index (χ2n) is 5.15. The van der Waals surface area contributed by atoms with E-state index in [1.807, 2.05) is 0 Å². The topological polar surface area (TPSA) is 155 Å². The number of Topliss-reactive ketones (excluding diaryl/α,β-unsaturated/α-hetero) is 2. The average molecular weight is 467 g/mol. The van der Waals surface area contributed by atoms with Crippen LogP contribution in [-0.4, -0.2) is 83.2 Å². The fraction of sp³-hybridized carbons (Fsp3) is 0.111. The number of aromatic carboxylic acids is 2. The predicted octanol–water partition coefficient (Wildman–Crippen LogP) is -0.0264.